The summed E-state index contributed by atoms with van der Waals surface area (Å²) in [5.74, 6) is 0.449. The highest BCUT2D eigenvalue weighted by molar-refractivity contribution is 5.53. The fourth-order valence-corrected chi connectivity index (χ4v) is 1.97. The summed E-state index contributed by atoms with van der Waals surface area (Å²) < 4.78 is 11.1. The van der Waals surface area contributed by atoms with Crippen molar-refractivity contribution in [3.05, 3.63) is 65.2 Å². The molecule has 0 unspecified atom stereocenters. The first-order chi connectivity index (χ1) is 10.8. The maximum atomic E-state index is 9.09. The molecule has 0 aromatic heterocycles. The van der Waals surface area contributed by atoms with Crippen LogP contribution in [0.4, 0.5) is 0 Å². The number of rotatable bonds is 7. The van der Waals surface area contributed by atoms with Gasteiger partial charge in [-0.2, -0.15) is 10.5 Å². The number of hydrogen-bond acceptors (Lipinski definition) is 4. The van der Waals surface area contributed by atoms with Crippen LogP contribution < -0.4 is 4.74 Å². The standard InChI is InChI=1S/C18H16N2O2/c19-12-16-8-4-9-18(17(16)13-20)22-11-5-10-21-14-15-6-2-1-3-7-15/h1-4,6-9H,5,10-11,14H2. The molecule has 0 spiro atoms. The van der Waals surface area contributed by atoms with Crippen molar-refractivity contribution < 1.29 is 9.47 Å². The topological polar surface area (TPSA) is 66.0 Å². The van der Waals surface area contributed by atoms with Crippen molar-refractivity contribution >= 4 is 0 Å². The highest BCUT2D eigenvalue weighted by Crippen LogP contribution is 2.21. The molecule has 0 saturated carbocycles. The van der Waals surface area contributed by atoms with Gasteiger partial charge in [-0.3, -0.25) is 0 Å². The minimum absolute atomic E-state index is 0.287. The fraction of sp³-hybridized carbons (Fsp3) is 0.222. The SMILES string of the molecule is N#Cc1cccc(OCCCOCc2ccccc2)c1C#N. The van der Waals surface area contributed by atoms with Gasteiger partial charge in [-0.05, 0) is 17.7 Å². The fourth-order valence-electron chi connectivity index (χ4n) is 1.97. The Balaban J connectivity index is 1.74. The minimum atomic E-state index is 0.287. The molecule has 4 nitrogen and oxygen atoms in total. The first-order valence-corrected chi connectivity index (χ1v) is 7.03. The van der Waals surface area contributed by atoms with E-state index < -0.39 is 0 Å². The smallest absolute Gasteiger partial charge is 0.138 e. The van der Waals surface area contributed by atoms with Gasteiger partial charge in [0, 0.05) is 6.42 Å². The first-order valence-electron chi connectivity index (χ1n) is 7.03. The van der Waals surface area contributed by atoms with Crippen LogP contribution in [-0.4, -0.2) is 13.2 Å². The number of nitrogens with zero attached hydrogens (tertiary/aromatic N) is 2. The molecule has 22 heavy (non-hydrogen) atoms. The largest absolute Gasteiger partial charge is 0.492 e. The van der Waals surface area contributed by atoms with E-state index in [0.717, 1.165) is 5.56 Å². The predicted octanol–water partition coefficient (Wildman–Crippen LogP) is 3.42. The first kappa shape index (κ1) is 15.6. The molecule has 2 rings (SSSR count). The van der Waals surface area contributed by atoms with Gasteiger partial charge in [-0.1, -0.05) is 36.4 Å². The molecular weight excluding hydrogens is 276 g/mol. The molecule has 2 aromatic carbocycles. The summed E-state index contributed by atoms with van der Waals surface area (Å²) in [6.45, 7) is 1.60. The molecule has 0 bridgehead atoms. The monoisotopic (exact) mass is 292 g/mol. The summed E-state index contributed by atoms with van der Waals surface area (Å²) in [4.78, 5) is 0. The van der Waals surface area contributed by atoms with Crippen LogP contribution in [0.1, 0.15) is 23.1 Å². The quantitative estimate of drug-likeness (QED) is 0.733. The lowest BCUT2D eigenvalue weighted by molar-refractivity contribution is 0.107. The molecule has 0 aliphatic carbocycles. The number of ether oxygens (including phenoxy) is 2. The zero-order valence-electron chi connectivity index (χ0n) is 12.2. The van der Waals surface area contributed by atoms with Gasteiger partial charge >= 0.3 is 0 Å². The molecule has 4 heteroatoms. The predicted molar refractivity (Wildman–Crippen MR) is 82.1 cm³/mol. The lowest BCUT2D eigenvalue weighted by Crippen LogP contribution is -2.04. The average Bonchev–Trinajstić information content (AvgIpc) is 2.58. The summed E-state index contributed by atoms with van der Waals surface area (Å²) in [6.07, 6.45) is 0.717. The number of nitriles is 2. The molecule has 0 aliphatic heterocycles. The van der Waals surface area contributed by atoms with Crippen LogP contribution in [-0.2, 0) is 11.3 Å². The minimum Gasteiger partial charge on any atom is -0.492 e. The Morgan fingerprint density at radius 3 is 2.41 bits per heavy atom. The molecule has 0 atom stereocenters. The van der Waals surface area contributed by atoms with Gasteiger partial charge in [0.2, 0.25) is 0 Å². The molecule has 0 heterocycles. The molecule has 0 saturated heterocycles. The lowest BCUT2D eigenvalue weighted by Gasteiger charge is -2.09. The molecule has 2 aromatic rings. The van der Waals surface area contributed by atoms with Gasteiger partial charge in [-0.25, -0.2) is 0 Å². The van der Waals surface area contributed by atoms with E-state index in [1.807, 2.05) is 42.5 Å². The highest BCUT2D eigenvalue weighted by Gasteiger charge is 2.08. The van der Waals surface area contributed by atoms with E-state index in [-0.39, 0.29) is 5.56 Å². The van der Waals surface area contributed by atoms with Crippen molar-refractivity contribution in [2.45, 2.75) is 13.0 Å². The van der Waals surface area contributed by atoms with Gasteiger partial charge in [0.05, 0.1) is 25.4 Å². The maximum Gasteiger partial charge on any atom is 0.138 e. The zero-order chi connectivity index (χ0) is 15.6. The van der Waals surface area contributed by atoms with Crippen LogP contribution in [0.25, 0.3) is 0 Å². The van der Waals surface area contributed by atoms with Crippen LogP contribution in [0.3, 0.4) is 0 Å². The summed E-state index contributed by atoms with van der Waals surface area (Å²) in [5.41, 5.74) is 1.76. The molecule has 0 N–H and O–H groups in total. The lowest BCUT2D eigenvalue weighted by atomic mass is 10.1. The zero-order valence-corrected chi connectivity index (χ0v) is 12.2. The molecule has 110 valence electrons. The maximum absolute atomic E-state index is 9.09. The van der Waals surface area contributed by atoms with Crippen LogP contribution in [0.2, 0.25) is 0 Å². The number of benzene rings is 2. The third-order valence-electron chi connectivity index (χ3n) is 3.06. The van der Waals surface area contributed by atoms with Gasteiger partial charge in [0.1, 0.15) is 23.5 Å². The third-order valence-corrected chi connectivity index (χ3v) is 3.06. The normalized spacial score (nSPS) is 9.73. The Bertz CT molecular complexity index is 684. The van der Waals surface area contributed by atoms with E-state index in [0.29, 0.717) is 37.6 Å². The highest BCUT2D eigenvalue weighted by atomic mass is 16.5. The molecular formula is C18H16N2O2. The van der Waals surface area contributed by atoms with Gasteiger partial charge in [-0.15, -0.1) is 0 Å². The van der Waals surface area contributed by atoms with Crippen molar-refractivity contribution in [1.82, 2.24) is 0 Å². The Labute approximate surface area is 130 Å². The van der Waals surface area contributed by atoms with E-state index in [2.05, 4.69) is 0 Å². The van der Waals surface area contributed by atoms with E-state index in [4.69, 9.17) is 20.0 Å². The van der Waals surface area contributed by atoms with Gasteiger partial charge < -0.3 is 9.47 Å². The Kier molecular flexibility index (Phi) is 5.99. The Morgan fingerprint density at radius 1 is 0.864 bits per heavy atom. The molecule has 0 radical (unpaired) electrons. The second-order valence-corrected chi connectivity index (χ2v) is 4.64. The van der Waals surface area contributed by atoms with Crippen LogP contribution in [0, 0.1) is 22.7 Å². The van der Waals surface area contributed by atoms with E-state index in [9.17, 15) is 0 Å². The summed E-state index contributed by atoms with van der Waals surface area (Å²) in [6, 6.07) is 19.0. The molecule has 0 fully saturated rings. The van der Waals surface area contributed by atoms with Gasteiger partial charge in [0.25, 0.3) is 0 Å². The van der Waals surface area contributed by atoms with E-state index in [1.54, 1.807) is 18.2 Å². The summed E-state index contributed by atoms with van der Waals surface area (Å²) in [5, 5.41) is 18.0. The van der Waals surface area contributed by atoms with Crippen LogP contribution >= 0.6 is 0 Å². The van der Waals surface area contributed by atoms with Gasteiger partial charge in [0.15, 0.2) is 0 Å². The van der Waals surface area contributed by atoms with E-state index >= 15 is 0 Å². The second kappa shape index (κ2) is 8.46. The van der Waals surface area contributed by atoms with Crippen molar-refractivity contribution in [3.63, 3.8) is 0 Å². The Hall–Kier alpha value is -2.82. The second-order valence-electron chi connectivity index (χ2n) is 4.64. The van der Waals surface area contributed by atoms with E-state index in [1.165, 1.54) is 0 Å². The summed E-state index contributed by atoms with van der Waals surface area (Å²) >= 11 is 0. The van der Waals surface area contributed by atoms with Crippen molar-refractivity contribution in [2.75, 3.05) is 13.2 Å². The van der Waals surface area contributed by atoms with Crippen molar-refractivity contribution in [1.29, 1.82) is 10.5 Å². The molecule has 0 aliphatic rings. The number of hydrogen-bond donors (Lipinski definition) is 0. The van der Waals surface area contributed by atoms with Crippen LogP contribution in [0.15, 0.2) is 48.5 Å². The van der Waals surface area contributed by atoms with Crippen molar-refractivity contribution in [2.24, 2.45) is 0 Å². The Morgan fingerprint density at radius 2 is 1.68 bits per heavy atom. The van der Waals surface area contributed by atoms with Crippen molar-refractivity contribution in [3.8, 4) is 17.9 Å². The average molecular weight is 292 g/mol. The van der Waals surface area contributed by atoms with Crippen LogP contribution in [0.5, 0.6) is 5.75 Å². The molecule has 0 amide bonds. The third kappa shape index (κ3) is 4.34. The summed E-state index contributed by atoms with van der Waals surface area (Å²) in [7, 11) is 0.